The van der Waals surface area contributed by atoms with Crippen molar-refractivity contribution in [2.45, 2.75) is 65.0 Å². The van der Waals surface area contributed by atoms with Crippen molar-refractivity contribution in [1.29, 1.82) is 0 Å². The molecule has 1 aliphatic rings. The Kier molecular flexibility index (Phi) is 6.26. The predicted octanol–water partition coefficient (Wildman–Crippen LogP) is 2.64. The maximum absolute atomic E-state index is 3.50. The number of nitrogens with zero attached hydrogens (tertiary/aromatic N) is 1. The van der Waals surface area contributed by atoms with Crippen molar-refractivity contribution in [3.8, 4) is 0 Å². The van der Waals surface area contributed by atoms with Crippen molar-refractivity contribution >= 4 is 0 Å². The third kappa shape index (κ3) is 4.12. The maximum Gasteiger partial charge on any atom is 0.0220 e. The summed E-state index contributed by atoms with van der Waals surface area (Å²) in [6.07, 6.45) is 6.92. The van der Waals surface area contributed by atoms with Gasteiger partial charge in [0.2, 0.25) is 0 Å². The first-order valence-corrected chi connectivity index (χ1v) is 6.76. The fraction of sp³-hybridized carbons (Fsp3) is 1.00. The van der Waals surface area contributed by atoms with Crippen molar-refractivity contribution in [3.05, 3.63) is 0 Å². The first-order chi connectivity index (χ1) is 7.29. The number of likely N-dealkylation sites (N-methyl/N-ethyl adjacent to an activating group) is 1. The van der Waals surface area contributed by atoms with Gasteiger partial charge >= 0.3 is 0 Å². The van der Waals surface area contributed by atoms with Gasteiger partial charge in [-0.1, -0.05) is 26.7 Å². The molecule has 1 rings (SSSR count). The Morgan fingerprint density at radius 2 is 2.07 bits per heavy atom. The topological polar surface area (TPSA) is 15.3 Å². The minimum atomic E-state index is 0.748. The van der Waals surface area contributed by atoms with E-state index in [4.69, 9.17) is 0 Å². The average molecular weight is 212 g/mol. The molecule has 1 heterocycles. The van der Waals surface area contributed by atoms with E-state index >= 15 is 0 Å². The van der Waals surface area contributed by atoms with Crippen LogP contribution in [0.3, 0.4) is 0 Å². The van der Waals surface area contributed by atoms with E-state index in [1.54, 1.807) is 0 Å². The van der Waals surface area contributed by atoms with Crippen LogP contribution in [-0.4, -0.2) is 36.6 Å². The summed E-state index contributed by atoms with van der Waals surface area (Å²) in [5.74, 6) is 0. The fourth-order valence-electron chi connectivity index (χ4n) is 2.65. The molecule has 15 heavy (non-hydrogen) atoms. The predicted molar refractivity (Wildman–Crippen MR) is 67.3 cm³/mol. The van der Waals surface area contributed by atoms with E-state index in [9.17, 15) is 0 Å². The van der Waals surface area contributed by atoms with E-state index in [1.807, 2.05) is 0 Å². The van der Waals surface area contributed by atoms with E-state index < -0.39 is 0 Å². The zero-order valence-electron chi connectivity index (χ0n) is 10.8. The lowest BCUT2D eigenvalue weighted by atomic mass is 10.1. The molecule has 0 aromatic rings. The Hall–Kier alpha value is -0.0800. The molecule has 2 nitrogen and oxygen atoms in total. The Bertz CT molecular complexity index is 159. The van der Waals surface area contributed by atoms with Crippen molar-refractivity contribution in [2.24, 2.45) is 0 Å². The zero-order valence-corrected chi connectivity index (χ0v) is 10.8. The van der Waals surface area contributed by atoms with Crippen LogP contribution in [0.5, 0.6) is 0 Å². The number of nitrogens with one attached hydrogen (secondary N) is 1. The minimum Gasteiger partial charge on any atom is -0.315 e. The summed E-state index contributed by atoms with van der Waals surface area (Å²) in [4.78, 5) is 2.73. The van der Waals surface area contributed by atoms with Crippen LogP contribution < -0.4 is 5.32 Å². The Balaban J connectivity index is 2.47. The fourth-order valence-corrected chi connectivity index (χ4v) is 2.65. The molecule has 1 saturated heterocycles. The van der Waals surface area contributed by atoms with E-state index in [0.717, 1.165) is 25.2 Å². The molecular weight excluding hydrogens is 184 g/mol. The van der Waals surface area contributed by atoms with Crippen LogP contribution >= 0.6 is 0 Å². The quantitative estimate of drug-likeness (QED) is 0.753. The Morgan fingerprint density at radius 3 is 2.73 bits per heavy atom. The highest BCUT2D eigenvalue weighted by molar-refractivity contribution is 4.79. The van der Waals surface area contributed by atoms with Crippen LogP contribution in [0.1, 0.15) is 52.9 Å². The molecule has 2 atom stereocenters. The molecular formula is C13H28N2. The van der Waals surface area contributed by atoms with Gasteiger partial charge in [-0.15, -0.1) is 0 Å². The summed E-state index contributed by atoms with van der Waals surface area (Å²) in [5.41, 5.74) is 0. The van der Waals surface area contributed by atoms with Crippen molar-refractivity contribution in [1.82, 2.24) is 10.2 Å². The van der Waals surface area contributed by atoms with Gasteiger partial charge < -0.3 is 5.32 Å². The van der Waals surface area contributed by atoms with Gasteiger partial charge in [-0.25, -0.2) is 0 Å². The molecule has 1 aliphatic heterocycles. The van der Waals surface area contributed by atoms with Crippen LogP contribution in [-0.2, 0) is 0 Å². The summed E-state index contributed by atoms with van der Waals surface area (Å²) in [6.45, 7) is 10.5. The second kappa shape index (κ2) is 7.24. The second-order valence-electron chi connectivity index (χ2n) is 4.81. The van der Waals surface area contributed by atoms with Gasteiger partial charge in [0.1, 0.15) is 0 Å². The SMILES string of the molecule is CCNCC(CC)N1CCCCCC1C. The standard InChI is InChI=1S/C13H28N2/c1-4-13(11-14-5-2)15-10-8-6-7-9-12(15)3/h12-14H,4-11H2,1-3H3. The lowest BCUT2D eigenvalue weighted by Crippen LogP contribution is -2.46. The first-order valence-electron chi connectivity index (χ1n) is 6.76. The monoisotopic (exact) mass is 212 g/mol. The van der Waals surface area contributed by atoms with Crippen LogP contribution in [0.4, 0.5) is 0 Å². The maximum atomic E-state index is 3.50. The molecule has 90 valence electrons. The zero-order chi connectivity index (χ0) is 11.1. The van der Waals surface area contributed by atoms with E-state index in [1.165, 1.54) is 38.6 Å². The molecule has 0 spiro atoms. The third-order valence-corrected chi connectivity index (χ3v) is 3.67. The summed E-state index contributed by atoms with van der Waals surface area (Å²) >= 11 is 0. The summed E-state index contributed by atoms with van der Waals surface area (Å²) < 4.78 is 0. The molecule has 0 aromatic heterocycles. The van der Waals surface area contributed by atoms with E-state index in [-0.39, 0.29) is 0 Å². The Morgan fingerprint density at radius 1 is 1.27 bits per heavy atom. The van der Waals surface area contributed by atoms with Crippen LogP contribution in [0.2, 0.25) is 0 Å². The van der Waals surface area contributed by atoms with Crippen LogP contribution in [0, 0.1) is 0 Å². The molecule has 0 radical (unpaired) electrons. The molecule has 2 unspecified atom stereocenters. The molecule has 1 fully saturated rings. The molecule has 0 amide bonds. The van der Waals surface area contributed by atoms with Gasteiger partial charge in [0.05, 0.1) is 0 Å². The Labute approximate surface area is 95.4 Å². The van der Waals surface area contributed by atoms with Crippen LogP contribution in [0.15, 0.2) is 0 Å². The summed E-state index contributed by atoms with van der Waals surface area (Å²) in [5, 5.41) is 3.50. The van der Waals surface area contributed by atoms with Gasteiger partial charge in [0.15, 0.2) is 0 Å². The van der Waals surface area contributed by atoms with Gasteiger partial charge in [0.25, 0.3) is 0 Å². The number of hydrogen-bond acceptors (Lipinski definition) is 2. The number of rotatable bonds is 5. The minimum absolute atomic E-state index is 0.748. The van der Waals surface area contributed by atoms with Crippen LogP contribution in [0.25, 0.3) is 0 Å². The highest BCUT2D eigenvalue weighted by atomic mass is 15.2. The molecule has 1 N–H and O–H groups in total. The number of likely N-dealkylation sites (tertiary alicyclic amines) is 1. The lowest BCUT2D eigenvalue weighted by Gasteiger charge is -2.35. The summed E-state index contributed by atoms with van der Waals surface area (Å²) in [7, 11) is 0. The molecule has 0 saturated carbocycles. The van der Waals surface area contributed by atoms with Crippen molar-refractivity contribution in [3.63, 3.8) is 0 Å². The highest BCUT2D eigenvalue weighted by Crippen LogP contribution is 2.19. The molecule has 0 aliphatic carbocycles. The first kappa shape index (κ1) is 13.0. The van der Waals surface area contributed by atoms with Gasteiger partial charge in [-0.2, -0.15) is 0 Å². The molecule has 0 bridgehead atoms. The normalized spacial score (nSPS) is 26.2. The van der Waals surface area contributed by atoms with Gasteiger partial charge in [0, 0.05) is 18.6 Å². The number of hydrogen-bond donors (Lipinski definition) is 1. The highest BCUT2D eigenvalue weighted by Gasteiger charge is 2.23. The van der Waals surface area contributed by atoms with Gasteiger partial charge in [-0.3, -0.25) is 4.90 Å². The largest absolute Gasteiger partial charge is 0.315 e. The molecule has 0 aromatic carbocycles. The molecule has 2 heteroatoms. The van der Waals surface area contributed by atoms with Crippen molar-refractivity contribution < 1.29 is 0 Å². The lowest BCUT2D eigenvalue weighted by molar-refractivity contribution is 0.140. The third-order valence-electron chi connectivity index (χ3n) is 3.67. The smallest absolute Gasteiger partial charge is 0.0220 e. The summed E-state index contributed by atoms with van der Waals surface area (Å²) in [6, 6.07) is 1.54. The van der Waals surface area contributed by atoms with Crippen molar-refractivity contribution in [2.75, 3.05) is 19.6 Å². The van der Waals surface area contributed by atoms with Gasteiger partial charge in [-0.05, 0) is 39.3 Å². The van der Waals surface area contributed by atoms with E-state index in [0.29, 0.717) is 0 Å². The second-order valence-corrected chi connectivity index (χ2v) is 4.81. The average Bonchev–Trinajstić information content (AvgIpc) is 2.45. The van der Waals surface area contributed by atoms with E-state index in [2.05, 4.69) is 31.0 Å².